The minimum Gasteiger partial charge on any atom is -0.496 e. The SMILES string of the molecule is COc1cc(-c2cn[nH]c2N)c(F)c2c1CCCC2. The predicted octanol–water partition coefficient (Wildman–Crippen LogP) is 2.69. The van der Waals surface area contributed by atoms with E-state index < -0.39 is 0 Å². The van der Waals surface area contributed by atoms with Crippen LogP contribution in [0.5, 0.6) is 5.75 Å². The van der Waals surface area contributed by atoms with Crippen LogP contribution in [-0.2, 0) is 12.8 Å². The number of nitrogen functional groups attached to an aromatic ring is 1. The fourth-order valence-corrected chi connectivity index (χ4v) is 2.75. The summed E-state index contributed by atoms with van der Waals surface area (Å²) in [7, 11) is 1.62. The Morgan fingerprint density at radius 3 is 2.63 bits per heavy atom. The van der Waals surface area contributed by atoms with Crippen molar-refractivity contribution in [2.75, 3.05) is 12.8 Å². The lowest BCUT2D eigenvalue weighted by molar-refractivity contribution is 0.404. The standard InChI is InChI=1S/C14H16FN3O/c1-19-12-6-10(11-7-17-18-14(11)16)13(15)9-5-3-2-4-8(9)12/h6-7H,2-5H2,1H3,(H3,16,17,18). The zero-order valence-electron chi connectivity index (χ0n) is 10.8. The number of methoxy groups -OCH3 is 1. The van der Waals surface area contributed by atoms with Gasteiger partial charge in [-0.05, 0) is 37.3 Å². The van der Waals surface area contributed by atoms with Crippen molar-refractivity contribution < 1.29 is 9.13 Å². The maximum atomic E-state index is 14.7. The third-order valence-corrected chi connectivity index (χ3v) is 3.72. The van der Waals surface area contributed by atoms with Gasteiger partial charge in [-0.3, -0.25) is 5.10 Å². The van der Waals surface area contributed by atoms with Gasteiger partial charge in [0.25, 0.3) is 0 Å². The average Bonchev–Trinajstić information content (AvgIpc) is 2.86. The number of ether oxygens (including phenoxy) is 1. The molecule has 1 aromatic carbocycles. The molecule has 0 fully saturated rings. The Balaban J connectivity index is 2.24. The topological polar surface area (TPSA) is 63.9 Å². The van der Waals surface area contributed by atoms with Gasteiger partial charge in [-0.2, -0.15) is 5.10 Å². The minimum absolute atomic E-state index is 0.191. The summed E-state index contributed by atoms with van der Waals surface area (Å²) in [6.07, 6.45) is 5.26. The lowest BCUT2D eigenvalue weighted by Gasteiger charge is -2.21. The fourth-order valence-electron chi connectivity index (χ4n) is 2.75. The normalized spacial score (nSPS) is 14.2. The van der Waals surface area contributed by atoms with E-state index in [-0.39, 0.29) is 5.82 Å². The quantitative estimate of drug-likeness (QED) is 0.873. The van der Waals surface area contributed by atoms with Crippen LogP contribution in [0.2, 0.25) is 0 Å². The number of aromatic amines is 1. The van der Waals surface area contributed by atoms with Crippen molar-refractivity contribution in [2.45, 2.75) is 25.7 Å². The van der Waals surface area contributed by atoms with Gasteiger partial charge in [0.05, 0.1) is 13.3 Å². The summed E-state index contributed by atoms with van der Waals surface area (Å²) in [4.78, 5) is 0. The van der Waals surface area contributed by atoms with E-state index in [4.69, 9.17) is 10.5 Å². The Bertz CT molecular complexity index is 621. The molecule has 0 radical (unpaired) electrons. The van der Waals surface area contributed by atoms with Crippen LogP contribution >= 0.6 is 0 Å². The maximum absolute atomic E-state index is 14.7. The molecule has 0 saturated heterocycles. The fraction of sp³-hybridized carbons (Fsp3) is 0.357. The number of benzene rings is 1. The van der Waals surface area contributed by atoms with Gasteiger partial charge in [-0.25, -0.2) is 4.39 Å². The third kappa shape index (κ3) is 1.85. The molecule has 3 N–H and O–H groups in total. The Morgan fingerprint density at radius 1 is 1.26 bits per heavy atom. The Kier molecular flexibility index (Phi) is 2.89. The van der Waals surface area contributed by atoms with Gasteiger partial charge in [-0.15, -0.1) is 0 Å². The predicted molar refractivity (Wildman–Crippen MR) is 71.6 cm³/mol. The number of nitrogens with two attached hydrogens (primary N) is 1. The van der Waals surface area contributed by atoms with Gasteiger partial charge in [0, 0.05) is 16.7 Å². The lowest BCUT2D eigenvalue weighted by atomic mass is 9.88. The molecule has 1 aromatic heterocycles. The monoisotopic (exact) mass is 261 g/mol. The first-order chi connectivity index (χ1) is 9.22. The van der Waals surface area contributed by atoms with Crippen molar-refractivity contribution in [3.8, 4) is 16.9 Å². The van der Waals surface area contributed by atoms with Crippen molar-refractivity contribution in [1.29, 1.82) is 0 Å². The molecule has 1 aliphatic carbocycles. The van der Waals surface area contributed by atoms with Gasteiger partial charge >= 0.3 is 0 Å². The van der Waals surface area contributed by atoms with Gasteiger partial charge < -0.3 is 10.5 Å². The van der Waals surface area contributed by atoms with Crippen molar-refractivity contribution in [3.05, 3.63) is 29.2 Å². The number of H-pyrrole nitrogens is 1. The van der Waals surface area contributed by atoms with E-state index in [0.29, 0.717) is 16.9 Å². The highest BCUT2D eigenvalue weighted by Gasteiger charge is 2.23. The molecule has 0 amide bonds. The lowest BCUT2D eigenvalue weighted by Crippen LogP contribution is -2.09. The molecular weight excluding hydrogens is 245 g/mol. The van der Waals surface area contributed by atoms with Crippen LogP contribution in [0.1, 0.15) is 24.0 Å². The van der Waals surface area contributed by atoms with Crippen LogP contribution < -0.4 is 10.5 Å². The van der Waals surface area contributed by atoms with Crippen LogP contribution in [-0.4, -0.2) is 17.3 Å². The molecule has 19 heavy (non-hydrogen) atoms. The smallest absolute Gasteiger partial charge is 0.134 e. The molecule has 0 spiro atoms. The molecule has 2 aromatic rings. The summed E-state index contributed by atoms with van der Waals surface area (Å²) in [5, 5.41) is 6.48. The van der Waals surface area contributed by atoms with Crippen LogP contribution in [0, 0.1) is 5.82 Å². The molecule has 1 heterocycles. The number of aromatic nitrogens is 2. The third-order valence-electron chi connectivity index (χ3n) is 3.72. The van der Waals surface area contributed by atoms with E-state index >= 15 is 0 Å². The number of nitrogens with one attached hydrogen (secondary N) is 1. The molecule has 0 saturated carbocycles. The van der Waals surface area contributed by atoms with Crippen molar-refractivity contribution in [2.24, 2.45) is 0 Å². The summed E-state index contributed by atoms with van der Waals surface area (Å²) in [5.74, 6) is 0.923. The van der Waals surface area contributed by atoms with Gasteiger partial charge in [0.1, 0.15) is 17.4 Å². The first-order valence-corrected chi connectivity index (χ1v) is 6.39. The summed E-state index contributed by atoms with van der Waals surface area (Å²) >= 11 is 0. The number of hydrogen-bond donors (Lipinski definition) is 2. The number of hydrogen-bond acceptors (Lipinski definition) is 3. The maximum Gasteiger partial charge on any atom is 0.134 e. The Hall–Kier alpha value is -2.04. The van der Waals surface area contributed by atoms with Crippen LogP contribution in [0.15, 0.2) is 12.3 Å². The summed E-state index contributed by atoms with van der Waals surface area (Å²) in [6, 6.07) is 1.72. The largest absolute Gasteiger partial charge is 0.496 e. The van der Waals surface area contributed by atoms with Gasteiger partial charge in [-0.1, -0.05) is 0 Å². The van der Waals surface area contributed by atoms with E-state index in [9.17, 15) is 4.39 Å². The summed E-state index contributed by atoms with van der Waals surface area (Å²) in [6.45, 7) is 0. The van der Waals surface area contributed by atoms with Crippen LogP contribution in [0.4, 0.5) is 10.2 Å². The van der Waals surface area contributed by atoms with Crippen LogP contribution in [0.3, 0.4) is 0 Å². The van der Waals surface area contributed by atoms with E-state index in [0.717, 1.165) is 42.6 Å². The zero-order chi connectivity index (χ0) is 13.4. The molecule has 100 valence electrons. The van der Waals surface area contributed by atoms with Gasteiger partial charge in [0.2, 0.25) is 0 Å². The molecule has 0 atom stereocenters. The zero-order valence-corrected chi connectivity index (χ0v) is 10.8. The first kappa shape index (κ1) is 12.0. The minimum atomic E-state index is -0.191. The second-order valence-corrected chi connectivity index (χ2v) is 4.80. The Labute approximate surface area is 110 Å². The summed E-state index contributed by atoms with van der Waals surface area (Å²) in [5.41, 5.74) is 8.59. The van der Waals surface area contributed by atoms with E-state index in [1.54, 1.807) is 19.4 Å². The highest BCUT2D eigenvalue weighted by atomic mass is 19.1. The van der Waals surface area contributed by atoms with Gasteiger partial charge in [0.15, 0.2) is 0 Å². The molecule has 0 unspecified atom stereocenters. The van der Waals surface area contributed by atoms with E-state index in [1.807, 2.05) is 0 Å². The molecule has 4 nitrogen and oxygen atoms in total. The molecule has 0 bridgehead atoms. The molecule has 0 aliphatic heterocycles. The van der Waals surface area contributed by atoms with Crippen LogP contribution in [0.25, 0.3) is 11.1 Å². The molecule has 5 heteroatoms. The number of anilines is 1. The second-order valence-electron chi connectivity index (χ2n) is 4.80. The van der Waals surface area contributed by atoms with E-state index in [1.165, 1.54) is 0 Å². The number of halogens is 1. The average molecular weight is 261 g/mol. The number of fused-ring (bicyclic) bond motifs is 1. The highest BCUT2D eigenvalue weighted by Crippen LogP contribution is 2.38. The highest BCUT2D eigenvalue weighted by molar-refractivity contribution is 5.76. The molecular formula is C14H16FN3O. The first-order valence-electron chi connectivity index (χ1n) is 6.39. The summed E-state index contributed by atoms with van der Waals surface area (Å²) < 4.78 is 20.1. The Morgan fingerprint density at radius 2 is 2.00 bits per heavy atom. The van der Waals surface area contributed by atoms with Crippen molar-refractivity contribution in [1.82, 2.24) is 10.2 Å². The number of rotatable bonds is 2. The second kappa shape index (κ2) is 4.57. The van der Waals surface area contributed by atoms with Crippen molar-refractivity contribution >= 4 is 5.82 Å². The van der Waals surface area contributed by atoms with E-state index in [2.05, 4.69) is 10.2 Å². The van der Waals surface area contributed by atoms with Crippen molar-refractivity contribution in [3.63, 3.8) is 0 Å². The number of nitrogens with zero attached hydrogens (tertiary/aromatic N) is 1. The molecule has 3 rings (SSSR count). The molecule has 1 aliphatic rings.